The minimum Gasteiger partial charge on any atom is -0.326 e. The number of benzene rings is 2. The first-order valence-electron chi connectivity index (χ1n) is 10.2. The zero-order valence-corrected chi connectivity index (χ0v) is 17.6. The number of nitrogens with one attached hydrogen (secondary N) is 1. The van der Waals surface area contributed by atoms with E-state index >= 15 is 0 Å². The molecule has 1 aliphatic rings. The van der Waals surface area contributed by atoms with Gasteiger partial charge in [0.15, 0.2) is 11.6 Å². The Hall–Kier alpha value is -3.58. The lowest BCUT2D eigenvalue weighted by Crippen LogP contribution is -2.32. The fourth-order valence-corrected chi connectivity index (χ4v) is 4.64. The van der Waals surface area contributed by atoms with Gasteiger partial charge < -0.3 is 10.2 Å². The molecule has 0 saturated heterocycles. The molecule has 31 heavy (non-hydrogen) atoms. The zero-order valence-electron chi connectivity index (χ0n) is 17.6. The predicted octanol–water partition coefficient (Wildman–Crippen LogP) is 3.55. The molecule has 7 heteroatoms. The van der Waals surface area contributed by atoms with Gasteiger partial charge in [0, 0.05) is 23.9 Å². The van der Waals surface area contributed by atoms with Crippen molar-refractivity contribution in [2.24, 2.45) is 5.92 Å². The third kappa shape index (κ3) is 2.84. The summed E-state index contributed by atoms with van der Waals surface area (Å²) in [6, 6.07) is 9.55. The van der Waals surface area contributed by atoms with Gasteiger partial charge in [-0.3, -0.25) is 18.8 Å². The summed E-state index contributed by atoms with van der Waals surface area (Å²) in [7, 11) is 3.85. The van der Waals surface area contributed by atoms with Gasteiger partial charge in [0.25, 0.3) is 0 Å². The van der Waals surface area contributed by atoms with Crippen LogP contribution in [0.3, 0.4) is 0 Å². The van der Waals surface area contributed by atoms with Crippen molar-refractivity contribution in [2.45, 2.75) is 13.3 Å². The lowest BCUT2D eigenvalue weighted by Gasteiger charge is -2.22. The molecule has 1 aliphatic carbocycles. The smallest absolute Gasteiger partial charge is 0.221 e. The Morgan fingerprint density at radius 3 is 2.61 bits per heavy atom. The molecule has 1 atom stereocenters. The molecule has 0 aliphatic heterocycles. The normalized spacial score (nSPS) is 16.1. The first-order valence-corrected chi connectivity index (χ1v) is 10.2. The number of anilines is 1. The molecule has 0 radical (unpaired) electrons. The average Bonchev–Trinajstić information content (AvgIpc) is 3.07. The Bertz CT molecular complexity index is 1420. The van der Waals surface area contributed by atoms with Crippen LogP contribution >= 0.6 is 0 Å². The molecular weight excluding hydrogens is 392 g/mol. The van der Waals surface area contributed by atoms with Crippen LogP contribution in [0.2, 0.25) is 0 Å². The number of Topliss-reactive ketones (excluding diaryl/α,β-unsaturated/α-hetero) is 2. The van der Waals surface area contributed by atoms with Crippen LogP contribution < -0.4 is 5.32 Å². The van der Waals surface area contributed by atoms with Crippen molar-refractivity contribution in [2.75, 3.05) is 26.0 Å². The van der Waals surface area contributed by atoms with Crippen molar-refractivity contribution < 1.29 is 14.4 Å². The number of fused-ring (bicyclic) bond motifs is 5. The summed E-state index contributed by atoms with van der Waals surface area (Å²) in [4.78, 5) is 45.0. The molecule has 2 aromatic carbocycles. The van der Waals surface area contributed by atoms with E-state index in [1.807, 2.05) is 49.3 Å². The topological polar surface area (TPSA) is 83.8 Å². The van der Waals surface area contributed by atoms with Crippen LogP contribution in [0.1, 0.15) is 34.1 Å². The quantitative estimate of drug-likeness (QED) is 0.517. The van der Waals surface area contributed by atoms with Crippen LogP contribution in [0, 0.1) is 5.92 Å². The number of hydrogen-bond acceptors (Lipinski definition) is 5. The van der Waals surface area contributed by atoms with Crippen LogP contribution in [-0.2, 0) is 4.79 Å². The van der Waals surface area contributed by atoms with Crippen LogP contribution in [0.5, 0.6) is 0 Å². The second-order valence-corrected chi connectivity index (χ2v) is 8.32. The van der Waals surface area contributed by atoms with E-state index in [1.54, 1.807) is 16.9 Å². The van der Waals surface area contributed by atoms with E-state index in [4.69, 9.17) is 0 Å². The van der Waals surface area contributed by atoms with E-state index in [0.717, 1.165) is 21.7 Å². The van der Waals surface area contributed by atoms with Gasteiger partial charge in [0.2, 0.25) is 5.91 Å². The largest absolute Gasteiger partial charge is 0.326 e. The molecule has 0 saturated carbocycles. The van der Waals surface area contributed by atoms with E-state index in [2.05, 4.69) is 10.3 Å². The first kappa shape index (κ1) is 19.4. The molecule has 1 amide bonds. The van der Waals surface area contributed by atoms with Crippen molar-refractivity contribution in [3.05, 3.63) is 54.0 Å². The first-order chi connectivity index (χ1) is 14.9. The van der Waals surface area contributed by atoms with Crippen molar-refractivity contribution in [1.82, 2.24) is 14.3 Å². The van der Waals surface area contributed by atoms with Gasteiger partial charge in [-0.15, -0.1) is 0 Å². The monoisotopic (exact) mass is 414 g/mol. The molecule has 156 valence electrons. The lowest BCUT2D eigenvalue weighted by molar-refractivity contribution is -0.114. The molecule has 4 aromatic rings. The van der Waals surface area contributed by atoms with E-state index in [9.17, 15) is 14.4 Å². The summed E-state index contributed by atoms with van der Waals surface area (Å²) in [6.07, 6.45) is 3.64. The highest BCUT2D eigenvalue weighted by molar-refractivity contribution is 6.34. The van der Waals surface area contributed by atoms with E-state index < -0.39 is 5.92 Å². The minimum atomic E-state index is -0.720. The number of amides is 1. The van der Waals surface area contributed by atoms with Crippen molar-refractivity contribution in [3.63, 3.8) is 0 Å². The molecule has 1 N–H and O–H groups in total. The maximum absolute atomic E-state index is 13.7. The Balaban J connectivity index is 1.89. The van der Waals surface area contributed by atoms with Gasteiger partial charge in [-0.1, -0.05) is 24.3 Å². The molecule has 2 aromatic heterocycles. The third-order valence-corrected chi connectivity index (χ3v) is 5.97. The lowest BCUT2D eigenvalue weighted by atomic mass is 9.81. The van der Waals surface area contributed by atoms with E-state index in [0.29, 0.717) is 35.3 Å². The Labute approximate surface area is 178 Å². The molecule has 0 bridgehead atoms. The number of carbonyl (C=O) groups excluding carboxylic acids is 3. The number of rotatable bonds is 4. The number of hydrogen-bond donors (Lipinski definition) is 1. The standard InChI is InChI=1S/C24H22N4O3/c1-13(29)26-18-10-19-20(15-7-5-4-6-14(15)18)21-22-17(11-25-12-28(19)22)23(30)16(24(21)31)8-9-27(2)3/h4-7,10-12,16H,8-9H2,1-3H3,(H,26,29). The molecule has 7 nitrogen and oxygen atoms in total. The second kappa shape index (κ2) is 6.99. The zero-order chi connectivity index (χ0) is 21.9. The summed E-state index contributed by atoms with van der Waals surface area (Å²) >= 11 is 0. The highest BCUT2D eigenvalue weighted by Crippen LogP contribution is 2.42. The molecule has 2 heterocycles. The summed E-state index contributed by atoms with van der Waals surface area (Å²) in [6.45, 7) is 2.10. The van der Waals surface area contributed by atoms with Gasteiger partial charge >= 0.3 is 0 Å². The van der Waals surface area contributed by atoms with Crippen molar-refractivity contribution in [3.8, 4) is 0 Å². The Morgan fingerprint density at radius 2 is 1.90 bits per heavy atom. The number of ketones is 2. The van der Waals surface area contributed by atoms with Gasteiger partial charge in [-0.05, 0) is 38.5 Å². The summed E-state index contributed by atoms with van der Waals surface area (Å²) < 4.78 is 1.80. The van der Waals surface area contributed by atoms with Gasteiger partial charge in [0.05, 0.1) is 40.1 Å². The fourth-order valence-electron chi connectivity index (χ4n) is 4.64. The van der Waals surface area contributed by atoms with Gasteiger partial charge in [0.1, 0.15) is 0 Å². The van der Waals surface area contributed by atoms with Crippen LogP contribution in [-0.4, -0.2) is 52.4 Å². The number of aromatic nitrogens is 2. The van der Waals surface area contributed by atoms with E-state index in [-0.39, 0.29) is 17.5 Å². The predicted molar refractivity (Wildman–Crippen MR) is 120 cm³/mol. The number of nitrogens with zero attached hydrogens (tertiary/aromatic N) is 3. The molecular formula is C24H22N4O3. The van der Waals surface area contributed by atoms with Crippen molar-refractivity contribution in [1.29, 1.82) is 0 Å². The van der Waals surface area contributed by atoms with Crippen molar-refractivity contribution >= 4 is 50.4 Å². The fraction of sp³-hybridized carbons (Fsp3) is 0.250. The van der Waals surface area contributed by atoms with Crippen LogP contribution in [0.4, 0.5) is 5.69 Å². The van der Waals surface area contributed by atoms with E-state index in [1.165, 1.54) is 6.92 Å². The summed E-state index contributed by atoms with van der Waals surface area (Å²) in [5.41, 5.74) is 3.06. The molecule has 0 spiro atoms. The highest BCUT2D eigenvalue weighted by atomic mass is 16.2. The number of carbonyl (C=O) groups is 3. The third-order valence-electron chi connectivity index (χ3n) is 5.97. The van der Waals surface area contributed by atoms with Crippen LogP contribution in [0.15, 0.2) is 42.9 Å². The molecule has 5 rings (SSSR count). The SMILES string of the molecule is CC(=O)Nc1cc2c(c3c4c(cncn42)C(=O)C(CCN(C)C)C3=O)c2ccccc12. The Kier molecular flexibility index (Phi) is 4.37. The minimum absolute atomic E-state index is 0.143. The molecule has 1 unspecified atom stereocenters. The maximum Gasteiger partial charge on any atom is 0.221 e. The van der Waals surface area contributed by atoms with Crippen LogP contribution in [0.25, 0.3) is 27.2 Å². The second-order valence-electron chi connectivity index (χ2n) is 8.32. The average molecular weight is 414 g/mol. The molecule has 0 fully saturated rings. The maximum atomic E-state index is 13.7. The Morgan fingerprint density at radius 1 is 1.16 bits per heavy atom. The summed E-state index contributed by atoms with van der Waals surface area (Å²) in [5, 5.41) is 5.40. The highest BCUT2D eigenvalue weighted by Gasteiger charge is 2.39. The van der Waals surface area contributed by atoms with Gasteiger partial charge in [-0.25, -0.2) is 4.98 Å². The summed E-state index contributed by atoms with van der Waals surface area (Å²) in [5.74, 6) is -1.21. The van der Waals surface area contributed by atoms with Gasteiger partial charge in [-0.2, -0.15) is 0 Å².